The zero-order valence-electron chi connectivity index (χ0n) is 23.0. The quantitative estimate of drug-likeness (QED) is 0.397. The van der Waals surface area contributed by atoms with Crippen molar-refractivity contribution in [3.8, 4) is 17.2 Å². The van der Waals surface area contributed by atoms with Crippen LogP contribution >= 0.6 is 0 Å². The van der Waals surface area contributed by atoms with Gasteiger partial charge in [-0.1, -0.05) is 23.3 Å². The second-order valence-electron chi connectivity index (χ2n) is 10.3. The average Bonchev–Trinajstić information content (AvgIpc) is 3.38. The molecule has 1 amide bonds. The van der Waals surface area contributed by atoms with Crippen molar-refractivity contribution in [1.82, 2.24) is 15.1 Å². The third kappa shape index (κ3) is 8.64. The van der Waals surface area contributed by atoms with Gasteiger partial charge >= 0.3 is 0 Å². The molecule has 2 aromatic carbocycles. The maximum absolute atomic E-state index is 12.6. The Bertz CT molecular complexity index is 1110. The van der Waals surface area contributed by atoms with Crippen LogP contribution in [-0.4, -0.2) is 68.4 Å². The second kappa shape index (κ2) is 14.0. The van der Waals surface area contributed by atoms with Gasteiger partial charge < -0.3 is 19.5 Å². The molecule has 2 aromatic rings. The maximum atomic E-state index is 12.6. The number of nitrogens with zero attached hydrogens (tertiary/aromatic N) is 2. The Kier molecular flexibility index (Phi) is 10.2. The predicted molar refractivity (Wildman–Crippen MR) is 151 cm³/mol. The monoisotopic (exact) mass is 519 g/mol. The van der Waals surface area contributed by atoms with Crippen molar-refractivity contribution in [2.24, 2.45) is 0 Å². The van der Waals surface area contributed by atoms with Crippen LogP contribution in [0, 0.1) is 0 Å². The molecule has 1 N–H and O–H groups in total. The molecule has 2 heterocycles. The highest BCUT2D eigenvalue weighted by Crippen LogP contribution is 2.32. The third-order valence-electron chi connectivity index (χ3n) is 6.91. The molecule has 0 aliphatic carbocycles. The Morgan fingerprint density at radius 1 is 0.947 bits per heavy atom. The minimum absolute atomic E-state index is 0.0481. The Morgan fingerprint density at radius 3 is 2.45 bits per heavy atom. The van der Waals surface area contributed by atoms with E-state index in [2.05, 4.69) is 60.2 Å². The molecule has 0 radical (unpaired) electrons. The van der Waals surface area contributed by atoms with Gasteiger partial charge in [0.15, 0.2) is 11.5 Å². The van der Waals surface area contributed by atoms with E-state index in [1.165, 1.54) is 16.7 Å². The van der Waals surface area contributed by atoms with Crippen molar-refractivity contribution in [1.29, 1.82) is 0 Å². The molecule has 4 rings (SSSR count). The normalized spacial score (nSPS) is 15.8. The van der Waals surface area contributed by atoms with Gasteiger partial charge in [-0.15, -0.1) is 0 Å². The number of benzene rings is 2. The van der Waals surface area contributed by atoms with Gasteiger partial charge in [-0.3, -0.25) is 14.6 Å². The van der Waals surface area contributed by atoms with Crippen LogP contribution < -0.4 is 19.5 Å². The van der Waals surface area contributed by atoms with Crippen molar-refractivity contribution in [2.75, 3.05) is 52.7 Å². The first kappa shape index (κ1) is 27.7. The highest BCUT2D eigenvalue weighted by atomic mass is 16.7. The second-order valence-corrected chi connectivity index (χ2v) is 10.3. The Labute approximate surface area is 227 Å². The number of carbonyl (C=O) groups is 1. The number of hydrogen-bond donors (Lipinski definition) is 1. The number of ether oxygens (including phenoxy) is 3. The van der Waals surface area contributed by atoms with Crippen molar-refractivity contribution in [2.45, 2.75) is 40.2 Å². The number of hydrogen-bond acceptors (Lipinski definition) is 6. The zero-order chi connectivity index (χ0) is 26.7. The van der Waals surface area contributed by atoms with Crippen LogP contribution in [-0.2, 0) is 6.54 Å². The van der Waals surface area contributed by atoms with Crippen LogP contribution in [0.25, 0.3) is 0 Å². The van der Waals surface area contributed by atoms with Crippen LogP contribution in [0.15, 0.2) is 65.8 Å². The van der Waals surface area contributed by atoms with Gasteiger partial charge in [-0.25, -0.2) is 0 Å². The molecule has 0 unspecified atom stereocenters. The summed E-state index contributed by atoms with van der Waals surface area (Å²) in [6.45, 7) is 13.6. The van der Waals surface area contributed by atoms with E-state index in [0.29, 0.717) is 25.5 Å². The summed E-state index contributed by atoms with van der Waals surface area (Å²) in [5.41, 5.74) is 4.57. The molecule has 0 spiro atoms. The molecule has 0 aromatic heterocycles. The van der Waals surface area contributed by atoms with Crippen LogP contribution in [0.5, 0.6) is 17.2 Å². The largest absolute Gasteiger partial charge is 0.490 e. The topological polar surface area (TPSA) is 63.3 Å². The molecule has 1 saturated heterocycles. The number of amides is 1. The smallest absolute Gasteiger partial charge is 0.251 e. The predicted octanol–water partition coefficient (Wildman–Crippen LogP) is 5.03. The Balaban J connectivity index is 1.10. The lowest BCUT2D eigenvalue weighted by Crippen LogP contribution is -2.48. The Hall–Kier alpha value is -3.29. The fourth-order valence-electron chi connectivity index (χ4n) is 4.57. The van der Waals surface area contributed by atoms with Gasteiger partial charge in [0.25, 0.3) is 5.91 Å². The van der Waals surface area contributed by atoms with Gasteiger partial charge in [0, 0.05) is 51.4 Å². The average molecular weight is 520 g/mol. The highest BCUT2D eigenvalue weighted by molar-refractivity contribution is 5.94. The fourth-order valence-corrected chi connectivity index (χ4v) is 4.57. The van der Waals surface area contributed by atoms with E-state index in [4.69, 9.17) is 14.2 Å². The summed E-state index contributed by atoms with van der Waals surface area (Å²) in [5, 5.41) is 3.05. The molecule has 0 atom stereocenters. The van der Waals surface area contributed by atoms with E-state index in [9.17, 15) is 4.79 Å². The maximum Gasteiger partial charge on any atom is 0.251 e. The molecule has 1 fully saturated rings. The van der Waals surface area contributed by atoms with E-state index < -0.39 is 0 Å². The van der Waals surface area contributed by atoms with E-state index in [-0.39, 0.29) is 5.91 Å². The van der Waals surface area contributed by atoms with Gasteiger partial charge in [-0.2, -0.15) is 0 Å². The van der Waals surface area contributed by atoms with Gasteiger partial charge in [0.05, 0.1) is 0 Å². The fraction of sp³-hybridized carbons (Fsp3) is 0.452. The lowest BCUT2D eigenvalue weighted by molar-refractivity contribution is 0.0934. The molecule has 204 valence electrons. The number of rotatable bonds is 12. The highest BCUT2D eigenvalue weighted by Gasteiger charge is 2.19. The molecule has 0 bridgehead atoms. The number of carbonyl (C=O) groups excluding carboxylic acids is 1. The lowest BCUT2D eigenvalue weighted by atomic mass is 10.1. The van der Waals surface area contributed by atoms with Crippen molar-refractivity contribution in [3.05, 3.63) is 76.9 Å². The minimum Gasteiger partial charge on any atom is -0.490 e. The van der Waals surface area contributed by atoms with Crippen molar-refractivity contribution >= 4 is 5.91 Å². The molecule has 2 aliphatic rings. The van der Waals surface area contributed by atoms with E-state index in [1.54, 1.807) is 0 Å². The molecular weight excluding hydrogens is 478 g/mol. The first-order valence-electron chi connectivity index (χ1n) is 13.6. The SMILES string of the molecule is CC(C)=CCC/C(C)=C/COc1ccc(C(=O)NCCN2CCN(Cc3ccc4c(c3)OCO4)CC2)cc1. The standard InChI is InChI=1S/C31H41N3O4/c1-24(2)5-4-6-25(3)13-20-36-28-10-8-27(9-11-28)31(35)32-14-15-33-16-18-34(19-17-33)22-26-7-12-29-30(21-26)38-23-37-29/h5,7-13,21H,4,6,14-20,22-23H2,1-3H3,(H,32,35)/b25-13+. The summed E-state index contributed by atoms with van der Waals surface area (Å²) in [7, 11) is 0. The van der Waals surface area contributed by atoms with Crippen LogP contribution in [0.2, 0.25) is 0 Å². The van der Waals surface area contributed by atoms with Crippen LogP contribution in [0.3, 0.4) is 0 Å². The molecule has 7 heteroatoms. The van der Waals surface area contributed by atoms with E-state index in [1.807, 2.05) is 30.3 Å². The van der Waals surface area contributed by atoms with Gasteiger partial charge in [-0.05, 0) is 81.7 Å². The van der Waals surface area contributed by atoms with Gasteiger partial charge in [0.2, 0.25) is 6.79 Å². The van der Waals surface area contributed by atoms with E-state index >= 15 is 0 Å². The first-order chi connectivity index (χ1) is 18.5. The number of nitrogens with one attached hydrogen (secondary N) is 1. The molecule has 7 nitrogen and oxygen atoms in total. The first-order valence-corrected chi connectivity index (χ1v) is 13.6. The molecule has 0 saturated carbocycles. The van der Waals surface area contributed by atoms with Crippen LogP contribution in [0.4, 0.5) is 0 Å². The van der Waals surface area contributed by atoms with Crippen molar-refractivity contribution < 1.29 is 19.0 Å². The summed E-state index contributed by atoms with van der Waals surface area (Å²) in [5.74, 6) is 2.39. The molecule has 2 aliphatic heterocycles. The Morgan fingerprint density at radius 2 is 1.68 bits per heavy atom. The van der Waals surface area contributed by atoms with E-state index in [0.717, 1.165) is 69.4 Å². The molecule has 38 heavy (non-hydrogen) atoms. The summed E-state index contributed by atoms with van der Waals surface area (Å²) >= 11 is 0. The zero-order valence-corrected chi connectivity index (χ0v) is 23.0. The lowest BCUT2D eigenvalue weighted by Gasteiger charge is -2.34. The van der Waals surface area contributed by atoms with Crippen LogP contribution in [0.1, 0.15) is 49.5 Å². The summed E-state index contributed by atoms with van der Waals surface area (Å²) in [4.78, 5) is 17.4. The third-order valence-corrected chi connectivity index (χ3v) is 6.91. The number of fused-ring (bicyclic) bond motifs is 1. The summed E-state index contributed by atoms with van der Waals surface area (Å²) < 4.78 is 16.7. The summed E-state index contributed by atoms with van der Waals surface area (Å²) in [6.07, 6.45) is 6.49. The number of piperazine rings is 1. The van der Waals surface area contributed by atoms with Gasteiger partial charge in [0.1, 0.15) is 12.4 Å². The number of allylic oxidation sites excluding steroid dienone is 3. The summed E-state index contributed by atoms with van der Waals surface area (Å²) in [6, 6.07) is 13.6. The minimum atomic E-state index is -0.0481. The molecular formula is C31H41N3O4. The van der Waals surface area contributed by atoms with Crippen molar-refractivity contribution in [3.63, 3.8) is 0 Å².